The molecule has 25 heavy (non-hydrogen) atoms. The standard InChI is InChI=1S/C18H16N2O5/c1-11-6-7-12(18(23)24)8-13(11)19-16(21)9-20-10-17(22)25-15-5-3-2-4-14(15)20/h2-8H,9-10H2,1H3,(H,19,21)(H,23,24). The summed E-state index contributed by atoms with van der Waals surface area (Å²) in [5.41, 5.74) is 1.93. The predicted molar refractivity (Wildman–Crippen MR) is 91.1 cm³/mol. The number of hydrogen-bond acceptors (Lipinski definition) is 5. The van der Waals surface area contributed by atoms with E-state index in [1.54, 1.807) is 42.2 Å². The summed E-state index contributed by atoms with van der Waals surface area (Å²) in [7, 11) is 0. The van der Waals surface area contributed by atoms with Crippen molar-refractivity contribution in [3.63, 3.8) is 0 Å². The highest BCUT2D eigenvalue weighted by molar-refractivity contribution is 5.98. The highest BCUT2D eigenvalue weighted by Gasteiger charge is 2.25. The molecule has 0 aromatic heterocycles. The summed E-state index contributed by atoms with van der Waals surface area (Å²) in [6, 6.07) is 11.5. The van der Waals surface area contributed by atoms with Crippen molar-refractivity contribution < 1.29 is 24.2 Å². The van der Waals surface area contributed by atoms with Crippen LogP contribution in [-0.4, -0.2) is 36.0 Å². The number of fused-ring (bicyclic) bond motifs is 1. The van der Waals surface area contributed by atoms with Gasteiger partial charge in [0, 0.05) is 5.69 Å². The number of carbonyl (C=O) groups is 3. The predicted octanol–water partition coefficient (Wildman–Crippen LogP) is 2.06. The lowest BCUT2D eigenvalue weighted by atomic mass is 10.1. The van der Waals surface area contributed by atoms with Crippen molar-refractivity contribution in [1.29, 1.82) is 0 Å². The first-order chi connectivity index (χ1) is 11.9. The number of carboxylic acid groups (broad SMARTS) is 1. The molecule has 0 saturated carbocycles. The maximum atomic E-state index is 12.4. The zero-order valence-corrected chi connectivity index (χ0v) is 13.5. The topological polar surface area (TPSA) is 95.9 Å². The van der Waals surface area contributed by atoms with Crippen molar-refractivity contribution in [2.45, 2.75) is 6.92 Å². The van der Waals surface area contributed by atoms with Crippen molar-refractivity contribution in [3.05, 3.63) is 53.6 Å². The number of anilines is 2. The lowest BCUT2D eigenvalue weighted by Gasteiger charge is -2.29. The number of ether oxygens (including phenoxy) is 1. The molecule has 1 aliphatic rings. The normalized spacial score (nSPS) is 13.0. The molecule has 0 fully saturated rings. The summed E-state index contributed by atoms with van der Waals surface area (Å²) in [5, 5.41) is 11.8. The summed E-state index contributed by atoms with van der Waals surface area (Å²) in [6.07, 6.45) is 0. The molecular weight excluding hydrogens is 324 g/mol. The number of rotatable bonds is 4. The lowest BCUT2D eigenvalue weighted by Crippen LogP contribution is -2.41. The largest absolute Gasteiger partial charge is 0.478 e. The van der Waals surface area contributed by atoms with Gasteiger partial charge in [0.2, 0.25) is 5.91 Å². The van der Waals surface area contributed by atoms with Crippen molar-refractivity contribution >= 4 is 29.2 Å². The van der Waals surface area contributed by atoms with Crippen molar-refractivity contribution in [2.75, 3.05) is 23.3 Å². The third-order valence-corrected chi connectivity index (χ3v) is 3.84. The van der Waals surface area contributed by atoms with Gasteiger partial charge in [0.15, 0.2) is 5.75 Å². The Morgan fingerprint density at radius 3 is 2.76 bits per heavy atom. The highest BCUT2D eigenvalue weighted by atomic mass is 16.5. The molecule has 0 saturated heterocycles. The number of esters is 1. The Bertz CT molecular complexity index is 862. The van der Waals surface area contributed by atoms with Crippen molar-refractivity contribution in [3.8, 4) is 5.75 Å². The molecule has 2 aromatic rings. The van der Waals surface area contributed by atoms with Crippen LogP contribution in [0.2, 0.25) is 0 Å². The van der Waals surface area contributed by atoms with E-state index in [4.69, 9.17) is 9.84 Å². The van der Waals surface area contributed by atoms with E-state index in [1.807, 2.05) is 0 Å². The van der Waals surface area contributed by atoms with Crippen LogP contribution in [0, 0.1) is 6.92 Å². The molecular formula is C18H16N2O5. The maximum Gasteiger partial charge on any atom is 0.335 e. The smallest absolute Gasteiger partial charge is 0.335 e. The van der Waals surface area contributed by atoms with Crippen LogP contribution in [0.5, 0.6) is 5.75 Å². The second kappa shape index (κ2) is 6.64. The molecule has 0 atom stereocenters. The fourth-order valence-electron chi connectivity index (χ4n) is 2.59. The van der Waals surface area contributed by atoms with Crippen LogP contribution in [0.15, 0.2) is 42.5 Å². The summed E-state index contributed by atoms with van der Waals surface area (Å²) in [5.74, 6) is -1.44. The molecule has 7 heteroatoms. The average Bonchev–Trinajstić information content (AvgIpc) is 2.56. The minimum Gasteiger partial charge on any atom is -0.478 e. The van der Waals surface area contributed by atoms with Crippen LogP contribution in [-0.2, 0) is 9.59 Å². The van der Waals surface area contributed by atoms with Gasteiger partial charge in [-0.1, -0.05) is 18.2 Å². The van der Waals surface area contributed by atoms with Gasteiger partial charge in [0.1, 0.15) is 6.54 Å². The highest BCUT2D eigenvalue weighted by Crippen LogP contribution is 2.31. The Morgan fingerprint density at radius 2 is 2.00 bits per heavy atom. The minimum absolute atomic E-state index is 0.0292. The van der Waals surface area contributed by atoms with Gasteiger partial charge < -0.3 is 20.1 Å². The Labute approximate surface area is 143 Å². The average molecular weight is 340 g/mol. The lowest BCUT2D eigenvalue weighted by molar-refractivity contribution is -0.133. The van der Waals surface area contributed by atoms with Gasteiger partial charge in [0.05, 0.1) is 17.8 Å². The van der Waals surface area contributed by atoms with E-state index in [0.29, 0.717) is 17.1 Å². The second-order valence-electron chi connectivity index (χ2n) is 5.68. The molecule has 1 aliphatic heterocycles. The third-order valence-electron chi connectivity index (χ3n) is 3.84. The molecule has 7 nitrogen and oxygen atoms in total. The van der Waals surface area contributed by atoms with Crippen LogP contribution >= 0.6 is 0 Å². The van der Waals surface area contributed by atoms with Crippen molar-refractivity contribution in [2.24, 2.45) is 0 Å². The summed E-state index contributed by atoms with van der Waals surface area (Å²) in [4.78, 5) is 36.8. The number of aromatic carboxylic acids is 1. The first-order valence-corrected chi connectivity index (χ1v) is 7.62. The number of aryl methyl sites for hydroxylation is 1. The molecule has 0 radical (unpaired) electrons. The summed E-state index contributed by atoms with van der Waals surface area (Å²) >= 11 is 0. The van der Waals surface area contributed by atoms with E-state index in [2.05, 4.69) is 5.32 Å². The number of amides is 1. The van der Waals surface area contributed by atoms with E-state index in [-0.39, 0.29) is 24.6 Å². The molecule has 2 N–H and O–H groups in total. The van der Waals surface area contributed by atoms with E-state index < -0.39 is 11.9 Å². The van der Waals surface area contributed by atoms with E-state index in [1.165, 1.54) is 12.1 Å². The molecule has 0 bridgehead atoms. The monoisotopic (exact) mass is 340 g/mol. The molecule has 0 unspecified atom stereocenters. The second-order valence-corrected chi connectivity index (χ2v) is 5.68. The van der Waals surface area contributed by atoms with Gasteiger partial charge in [-0.05, 0) is 36.8 Å². The van der Waals surface area contributed by atoms with E-state index in [9.17, 15) is 14.4 Å². The molecule has 3 rings (SSSR count). The Hall–Kier alpha value is -3.35. The zero-order valence-electron chi connectivity index (χ0n) is 13.5. The molecule has 128 valence electrons. The van der Waals surface area contributed by atoms with Crippen LogP contribution < -0.4 is 15.0 Å². The SMILES string of the molecule is Cc1ccc(C(=O)O)cc1NC(=O)CN1CC(=O)Oc2ccccc21. The molecule has 1 amide bonds. The zero-order chi connectivity index (χ0) is 18.0. The van der Waals surface area contributed by atoms with Gasteiger partial charge in [-0.25, -0.2) is 9.59 Å². The number of carboxylic acids is 1. The molecule has 0 spiro atoms. The first kappa shape index (κ1) is 16.5. The fraction of sp³-hybridized carbons (Fsp3) is 0.167. The number of carbonyl (C=O) groups excluding carboxylic acids is 2. The number of nitrogens with zero attached hydrogens (tertiary/aromatic N) is 1. The Balaban J connectivity index is 1.77. The fourth-order valence-corrected chi connectivity index (χ4v) is 2.59. The van der Waals surface area contributed by atoms with Gasteiger partial charge in [-0.3, -0.25) is 4.79 Å². The van der Waals surface area contributed by atoms with Crippen LogP contribution in [0.1, 0.15) is 15.9 Å². The third kappa shape index (κ3) is 3.60. The number of benzene rings is 2. The van der Waals surface area contributed by atoms with E-state index >= 15 is 0 Å². The van der Waals surface area contributed by atoms with E-state index in [0.717, 1.165) is 5.56 Å². The molecule has 1 heterocycles. The van der Waals surface area contributed by atoms with Gasteiger partial charge >= 0.3 is 11.9 Å². The van der Waals surface area contributed by atoms with Crippen LogP contribution in [0.3, 0.4) is 0 Å². The minimum atomic E-state index is -1.07. The molecule has 2 aromatic carbocycles. The van der Waals surface area contributed by atoms with Crippen LogP contribution in [0.4, 0.5) is 11.4 Å². The quantitative estimate of drug-likeness (QED) is 0.653. The van der Waals surface area contributed by atoms with Crippen LogP contribution in [0.25, 0.3) is 0 Å². The first-order valence-electron chi connectivity index (χ1n) is 7.62. The Morgan fingerprint density at radius 1 is 1.24 bits per heavy atom. The number of hydrogen-bond donors (Lipinski definition) is 2. The number of nitrogens with one attached hydrogen (secondary N) is 1. The Kier molecular flexibility index (Phi) is 4.38. The van der Waals surface area contributed by atoms with Crippen molar-refractivity contribution in [1.82, 2.24) is 0 Å². The van der Waals surface area contributed by atoms with Gasteiger partial charge in [0.25, 0.3) is 0 Å². The number of para-hydroxylation sites is 2. The molecule has 0 aliphatic carbocycles. The summed E-state index contributed by atoms with van der Waals surface area (Å²) < 4.78 is 5.15. The summed E-state index contributed by atoms with van der Waals surface area (Å²) in [6.45, 7) is 1.69. The maximum absolute atomic E-state index is 12.4. The van der Waals surface area contributed by atoms with Gasteiger partial charge in [-0.2, -0.15) is 0 Å². The van der Waals surface area contributed by atoms with Gasteiger partial charge in [-0.15, -0.1) is 0 Å².